The molecule has 1 aromatic carbocycles. The van der Waals surface area contributed by atoms with E-state index in [2.05, 4.69) is 0 Å². The maximum Gasteiger partial charge on any atom is 0.253 e. The minimum absolute atomic E-state index is 0.0292. The van der Waals surface area contributed by atoms with Gasteiger partial charge < -0.3 is 20.1 Å². The van der Waals surface area contributed by atoms with Crippen molar-refractivity contribution in [2.45, 2.75) is 19.3 Å². The van der Waals surface area contributed by atoms with E-state index in [-0.39, 0.29) is 17.7 Å². The summed E-state index contributed by atoms with van der Waals surface area (Å²) in [6.45, 7) is 1.29. The molecule has 2 amide bonds. The Kier molecular flexibility index (Phi) is 5.25. The van der Waals surface area contributed by atoms with E-state index in [0.717, 1.165) is 12.8 Å². The first-order valence-electron chi connectivity index (χ1n) is 7.34. The summed E-state index contributed by atoms with van der Waals surface area (Å²) in [5.41, 5.74) is 5.80. The average molecular weight is 306 g/mol. The normalized spacial score (nSPS) is 15.5. The molecule has 2 N–H and O–H groups in total. The molecule has 0 bridgehead atoms. The Morgan fingerprint density at radius 2 is 1.82 bits per heavy atom. The van der Waals surface area contributed by atoms with Crippen LogP contribution in [0.1, 0.15) is 29.6 Å². The summed E-state index contributed by atoms with van der Waals surface area (Å²) >= 11 is 0. The summed E-state index contributed by atoms with van der Waals surface area (Å²) in [6, 6.07) is 5.15. The molecule has 0 aliphatic carbocycles. The first kappa shape index (κ1) is 16.1. The molecular formula is C16H22N2O4. The Labute approximate surface area is 130 Å². The van der Waals surface area contributed by atoms with Crippen LogP contribution in [0.25, 0.3) is 0 Å². The van der Waals surface area contributed by atoms with Gasteiger partial charge in [0.05, 0.1) is 14.2 Å². The van der Waals surface area contributed by atoms with Gasteiger partial charge in [0.25, 0.3) is 5.91 Å². The Bertz CT molecular complexity index is 551. The van der Waals surface area contributed by atoms with Gasteiger partial charge in [0.15, 0.2) is 11.5 Å². The van der Waals surface area contributed by atoms with Gasteiger partial charge in [-0.1, -0.05) is 0 Å². The van der Waals surface area contributed by atoms with Crippen LogP contribution >= 0.6 is 0 Å². The number of benzene rings is 1. The highest BCUT2D eigenvalue weighted by Crippen LogP contribution is 2.29. The lowest BCUT2D eigenvalue weighted by Crippen LogP contribution is -2.39. The van der Waals surface area contributed by atoms with Crippen molar-refractivity contribution in [3.05, 3.63) is 23.8 Å². The average Bonchev–Trinajstić information content (AvgIpc) is 2.53. The zero-order valence-electron chi connectivity index (χ0n) is 13.0. The number of likely N-dealkylation sites (tertiary alicyclic amines) is 1. The van der Waals surface area contributed by atoms with Crippen molar-refractivity contribution >= 4 is 11.8 Å². The molecule has 0 atom stereocenters. The van der Waals surface area contributed by atoms with Gasteiger partial charge in [-0.05, 0) is 37.0 Å². The molecule has 0 unspecified atom stereocenters. The molecule has 0 aromatic heterocycles. The first-order chi connectivity index (χ1) is 10.5. The van der Waals surface area contributed by atoms with Gasteiger partial charge in [-0.25, -0.2) is 0 Å². The fraction of sp³-hybridized carbons (Fsp3) is 0.500. The minimum atomic E-state index is -0.273. The quantitative estimate of drug-likeness (QED) is 0.892. The molecule has 1 fully saturated rings. The van der Waals surface area contributed by atoms with Crippen molar-refractivity contribution in [3.63, 3.8) is 0 Å². The summed E-state index contributed by atoms with van der Waals surface area (Å²) < 4.78 is 10.4. The van der Waals surface area contributed by atoms with Crippen LogP contribution in [0, 0.1) is 5.92 Å². The second-order valence-electron chi connectivity index (χ2n) is 5.48. The van der Waals surface area contributed by atoms with Crippen molar-refractivity contribution < 1.29 is 19.1 Å². The fourth-order valence-corrected chi connectivity index (χ4v) is 2.78. The molecule has 2 rings (SSSR count). The summed E-state index contributed by atoms with van der Waals surface area (Å²) in [7, 11) is 3.10. The highest BCUT2D eigenvalue weighted by molar-refractivity contribution is 5.95. The number of hydrogen-bond acceptors (Lipinski definition) is 4. The zero-order chi connectivity index (χ0) is 16.1. The van der Waals surface area contributed by atoms with E-state index < -0.39 is 0 Å². The Hall–Kier alpha value is -2.24. The van der Waals surface area contributed by atoms with Crippen molar-refractivity contribution in [2.24, 2.45) is 11.7 Å². The summed E-state index contributed by atoms with van der Waals surface area (Å²) in [5.74, 6) is 1.12. The van der Waals surface area contributed by atoms with Crippen LogP contribution in [-0.4, -0.2) is 44.0 Å². The lowest BCUT2D eigenvalue weighted by atomic mass is 9.93. The van der Waals surface area contributed by atoms with Gasteiger partial charge in [-0.15, -0.1) is 0 Å². The van der Waals surface area contributed by atoms with E-state index in [1.54, 1.807) is 37.3 Å². The molecule has 1 aromatic rings. The topological polar surface area (TPSA) is 81.9 Å². The predicted molar refractivity (Wildman–Crippen MR) is 82.0 cm³/mol. The van der Waals surface area contributed by atoms with Crippen LogP contribution in [0.15, 0.2) is 18.2 Å². The minimum Gasteiger partial charge on any atom is -0.493 e. The third-order valence-corrected chi connectivity index (χ3v) is 4.02. The van der Waals surface area contributed by atoms with Crippen molar-refractivity contribution in [2.75, 3.05) is 27.3 Å². The molecule has 1 saturated heterocycles. The molecule has 1 heterocycles. The van der Waals surface area contributed by atoms with Gasteiger partial charge in [0, 0.05) is 25.1 Å². The van der Waals surface area contributed by atoms with E-state index in [1.165, 1.54) is 0 Å². The molecule has 0 spiro atoms. The molecule has 120 valence electrons. The Morgan fingerprint density at radius 3 is 2.36 bits per heavy atom. The van der Waals surface area contributed by atoms with Gasteiger partial charge in [0.2, 0.25) is 5.91 Å². The smallest absolute Gasteiger partial charge is 0.253 e. The number of methoxy groups -OCH3 is 2. The van der Waals surface area contributed by atoms with Gasteiger partial charge in [0.1, 0.15) is 0 Å². The number of amides is 2. The second kappa shape index (κ2) is 7.15. The number of ether oxygens (including phenoxy) is 2. The third-order valence-electron chi connectivity index (χ3n) is 4.02. The van der Waals surface area contributed by atoms with Gasteiger partial charge in [-0.2, -0.15) is 0 Å². The van der Waals surface area contributed by atoms with Crippen LogP contribution in [0.4, 0.5) is 0 Å². The highest BCUT2D eigenvalue weighted by Gasteiger charge is 2.25. The molecule has 0 radical (unpaired) electrons. The highest BCUT2D eigenvalue weighted by atomic mass is 16.5. The van der Waals surface area contributed by atoms with Gasteiger partial charge >= 0.3 is 0 Å². The van der Waals surface area contributed by atoms with E-state index in [0.29, 0.717) is 36.6 Å². The van der Waals surface area contributed by atoms with Crippen LogP contribution in [0.2, 0.25) is 0 Å². The molecule has 1 aliphatic rings. The van der Waals surface area contributed by atoms with E-state index >= 15 is 0 Å². The number of hydrogen-bond donors (Lipinski definition) is 1. The van der Waals surface area contributed by atoms with Crippen LogP contribution in [-0.2, 0) is 4.79 Å². The summed E-state index contributed by atoms with van der Waals surface area (Å²) in [4.78, 5) is 25.3. The van der Waals surface area contributed by atoms with E-state index in [1.807, 2.05) is 0 Å². The number of piperidine rings is 1. The molecule has 6 nitrogen and oxygen atoms in total. The van der Waals surface area contributed by atoms with Crippen molar-refractivity contribution in [3.8, 4) is 11.5 Å². The largest absolute Gasteiger partial charge is 0.493 e. The van der Waals surface area contributed by atoms with Crippen LogP contribution in [0.3, 0.4) is 0 Å². The number of rotatable bonds is 5. The third kappa shape index (κ3) is 3.69. The molecule has 22 heavy (non-hydrogen) atoms. The molecular weight excluding hydrogens is 284 g/mol. The van der Waals surface area contributed by atoms with Crippen molar-refractivity contribution in [1.29, 1.82) is 0 Å². The number of nitrogens with zero attached hydrogens (tertiary/aromatic N) is 1. The maximum atomic E-state index is 12.5. The summed E-state index contributed by atoms with van der Waals surface area (Å²) in [6.07, 6.45) is 2.02. The number of primary amides is 1. The zero-order valence-corrected chi connectivity index (χ0v) is 13.0. The molecule has 1 aliphatic heterocycles. The molecule has 0 saturated carbocycles. The number of carbonyl (C=O) groups excluding carboxylic acids is 2. The van der Waals surface area contributed by atoms with E-state index in [9.17, 15) is 9.59 Å². The monoisotopic (exact) mass is 306 g/mol. The van der Waals surface area contributed by atoms with Crippen LogP contribution in [0.5, 0.6) is 11.5 Å². The maximum absolute atomic E-state index is 12.5. The number of carbonyl (C=O) groups is 2. The fourth-order valence-electron chi connectivity index (χ4n) is 2.78. The standard InChI is InChI=1S/C16H22N2O4/c1-21-13-4-3-12(10-14(13)22-2)16(20)18-7-5-11(6-8-18)9-15(17)19/h3-4,10-11H,5-9H2,1-2H3,(H2,17,19). The lowest BCUT2D eigenvalue weighted by molar-refractivity contribution is -0.119. The van der Waals surface area contributed by atoms with Crippen molar-refractivity contribution in [1.82, 2.24) is 4.90 Å². The van der Waals surface area contributed by atoms with Crippen LogP contribution < -0.4 is 15.2 Å². The Morgan fingerprint density at radius 1 is 1.18 bits per heavy atom. The predicted octanol–water partition coefficient (Wildman–Crippen LogP) is 1.43. The summed E-state index contributed by atoms with van der Waals surface area (Å²) in [5, 5.41) is 0. The lowest BCUT2D eigenvalue weighted by Gasteiger charge is -2.31. The number of nitrogens with two attached hydrogens (primary N) is 1. The van der Waals surface area contributed by atoms with E-state index in [4.69, 9.17) is 15.2 Å². The first-order valence-corrected chi connectivity index (χ1v) is 7.34. The SMILES string of the molecule is COc1ccc(C(=O)N2CCC(CC(N)=O)CC2)cc1OC. The Balaban J connectivity index is 2.02. The van der Waals surface area contributed by atoms with Gasteiger partial charge in [-0.3, -0.25) is 9.59 Å². The molecule has 6 heteroatoms. The second-order valence-corrected chi connectivity index (χ2v) is 5.48.